The summed E-state index contributed by atoms with van der Waals surface area (Å²) in [4.78, 5) is 12.4. The average Bonchev–Trinajstić information content (AvgIpc) is 3.39. The van der Waals surface area contributed by atoms with E-state index in [9.17, 15) is 4.79 Å². The van der Waals surface area contributed by atoms with E-state index in [1.54, 1.807) is 40.0 Å². The summed E-state index contributed by atoms with van der Waals surface area (Å²) in [6, 6.07) is 11.3. The number of fused-ring (bicyclic) bond motifs is 1. The van der Waals surface area contributed by atoms with Crippen LogP contribution in [0.1, 0.15) is 26.3 Å². The van der Waals surface area contributed by atoms with Crippen LogP contribution in [0.5, 0.6) is 5.75 Å². The highest BCUT2D eigenvalue weighted by molar-refractivity contribution is 6.38. The lowest BCUT2D eigenvalue weighted by Crippen LogP contribution is -2.27. The number of methoxy groups -OCH3 is 1. The molecule has 0 fully saturated rings. The molecule has 9 nitrogen and oxygen atoms in total. The van der Waals surface area contributed by atoms with Crippen LogP contribution in [0.4, 0.5) is 10.8 Å². The van der Waals surface area contributed by atoms with Crippen molar-refractivity contribution in [3.05, 3.63) is 53.2 Å². The Hall–Kier alpha value is -3.59. The van der Waals surface area contributed by atoms with Gasteiger partial charge in [0.15, 0.2) is 0 Å². The highest BCUT2D eigenvalue weighted by atomic mass is 35.5. The highest BCUT2D eigenvalue weighted by Gasteiger charge is 2.22. The first kappa shape index (κ1) is 21.6. The Kier molecular flexibility index (Phi) is 5.75. The van der Waals surface area contributed by atoms with E-state index in [2.05, 4.69) is 20.6 Å². The number of aromatic nitrogens is 4. The van der Waals surface area contributed by atoms with Crippen LogP contribution >= 0.6 is 11.6 Å². The Labute approximate surface area is 189 Å². The van der Waals surface area contributed by atoms with Gasteiger partial charge in [0.25, 0.3) is 5.89 Å². The van der Waals surface area contributed by atoms with Crippen LogP contribution in [-0.4, -0.2) is 38.8 Å². The van der Waals surface area contributed by atoms with E-state index in [-0.39, 0.29) is 11.9 Å². The molecule has 32 heavy (non-hydrogen) atoms. The predicted molar refractivity (Wildman–Crippen MR) is 120 cm³/mol. The van der Waals surface area contributed by atoms with Gasteiger partial charge in [-0.2, -0.15) is 9.78 Å². The predicted octanol–water partition coefficient (Wildman–Crippen LogP) is 5.14. The largest absolute Gasteiger partial charge is 0.497 e. The zero-order valence-electron chi connectivity index (χ0n) is 18.0. The second-order valence-electron chi connectivity index (χ2n) is 8.01. The van der Waals surface area contributed by atoms with E-state index in [1.807, 2.05) is 24.3 Å². The first-order valence-electron chi connectivity index (χ1n) is 9.85. The van der Waals surface area contributed by atoms with Crippen molar-refractivity contribution in [2.45, 2.75) is 32.9 Å². The maximum Gasteiger partial charge on any atom is 0.435 e. The Bertz CT molecular complexity index is 1280. The SMILES string of the molecule is COc1cccc(CNc2nnc(-c3ccc4c(cnn4C(=O)OC(C)(C)C)c3Cl)o2)c1. The first-order valence-corrected chi connectivity index (χ1v) is 10.2. The second kappa shape index (κ2) is 8.51. The number of hydrogen-bond donors (Lipinski definition) is 1. The molecule has 2 heterocycles. The molecule has 4 rings (SSSR count). The van der Waals surface area contributed by atoms with Gasteiger partial charge in [-0.15, -0.1) is 5.10 Å². The molecule has 10 heteroatoms. The number of hydrogen-bond acceptors (Lipinski definition) is 8. The van der Waals surface area contributed by atoms with E-state index in [0.717, 1.165) is 11.3 Å². The van der Waals surface area contributed by atoms with Crippen molar-refractivity contribution in [2.75, 3.05) is 12.4 Å². The lowest BCUT2D eigenvalue weighted by Gasteiger charge is -2.19. The van der Waals surface area contributed by atoms with Crippen LogP contribution in [0.3, 0.4) is 0 Å². The van der Waals surface area contributed by atoms with Crippen LogP contribution in [0.25, 0.3) is 22.4 Å². The Morgan fingerprint density at radius 3 is 2.78 bits per heavy atom. The molecule has 0 aliphatic rings. The highest BCUT2D eigenvalue weighted by Crippen LogP contribution is 2.34. The minimum atomic E-state index is -0.642. The molecule has 0 unspecified atom stereocenters. The quantitative estimate of drug-likeness (QED) is 0.441. The number of ether oxygens (including phenoxy) is 2. The number of carbonyl (C=O) groups excluding carboxylic acids is 1. The summed E-state index contributed by atoms with van der Waals surface area (Å²) >= 11 is 6.58. The lowest BCUT2D eigenvalue weighted by molar-refractivity contribution is 0.0522. The molecule has 166 valence electrons. The van der Waals surface area contributed by atoms with Crippen molar-refractivity contribution in [3.8, 4) is 17.2 Å². The van der Waals surface area contributed by atoms with Gasteiger partial charge in [-0.05, 0) is 50.6 Å². The fourth-order valence-electron chi connectivity index (χ4n) is 3.05. The molecule has 0 atom stereocenters. The third-order valence-corrected chi connectivity index (χ3v) is 4.89. The van der Waals surface area contributed by atoms with Gasteiger partial charge in [-0.1, -0.05) is 28.8 Å². The summed E-state index contributed by atoms with van der Waals surface area (Å²) in [7, 11) is 1.62. The summed E-state index contributed by atoms with van der Waals surface area (Å²) < 4.78 is 17.5. The summed E-state index contributed by atoms with van der Waals surface area (Å²) in [5.41, 5.74) is 1.41. The van der Waals surface area contributed by atoms with Gasteiger partial charge >= 0.3 is 12.1 Å². The van der Waals surface area contributed by atoms with Crippen molar-refractivity contribution in [1.82, 2.24) is 20.0 Å². The van der Waals surface area contributed by atoms with Crippen LogP contribution in [0.2, 0.25) is 5.02 Å². The topological polar surface area (TPSA) is 104 Å². The van der Waals surface area contributed by atoms with Crippen molar-refractivity contribution in [2.24, 2.45) is 0 Å². The van der Waals surface area contributed by atoms with Gasteiger partial charge in [0, 0.05) is 11.9 Å². The molecular formula is C22H22ClN5O4. The van der Waals surface area contributed by atoms with Crippen LogP contribution in [-0.2, 0) is 11.3 Å². The molecule has 0 aliphatic carbocycles. The zero-order chi connectivity index (χ0) is 22.9. The minimum Gasteiger partial charge on any atom is -0.497 e. The third-order valence-electron chi connectivity index (χ3n) is 4.49. The normalized spacial score (nSPS) is 11.5. The van der Waals surface area contributed by atoms with Gasteiger partial charge in [-0.3, -0.25) is 0 Å². The zero-order valence-corrected chi connectivity index (χ0v) is 18.8. The van der Waals surface area contributed by atoms with Crippen LogP contribution < -0.4 is 10.1 Å². The average molecular weight is 456 g/mol. The van der Waals surface area contributed by atoms with Gasteiger partial charge in [0.1, 0.15) is 11.4 Å². The fraction of sp³-hybridized carbons (Fsp3) is 0.273. The number of nitrogens with zero attached hydrogens (tertiary/aromatic N) is 4. The molecule has 0 saturated heterocycles. The molecule has 2 aromatic carbocycles. The van der Waals surface area contributed by atoms with Crippen molar-refractivity contribution in [1.29, 1.82) is 0 Å². The summed E-state index contributed by atoms with van der Waals surface area (Å²) in [5.74, 6) is 1.01. The molecule has 2 aromatic heterocycles. The molecule has 4 aromatic rings. The molecule has 0 aliphatic heterocycles. The molecular weight excluding hydrogens is 434 g/mol. The van der Waals surface area contributed by atoms with Crippen LogP contribution in [0.15, 0.2) is 47.0 Å². The molecule has 1 N–H and O–H groups in total. The van der Waals surface area contributed by atoms with E-state index in [4.69, 9.17) is 25.5 Å². The Balaban J connectivity index is 1.55. The minimum absolute atomic E-state index is 0.245. The van der Waals surface area contributed by atoms with Gasteiger partial charge < -0.3 is 19.2 Å². The van der Waals surface area contributed by atoms with Gasteiger partial charge in [-0.25, -0.2) is 4.79 Å². The van der Waals surface area contributed by atoms with Crippen LogP contribution in [0, 0.1) is 0 Å². The maximum absolute atomic E-state index is 12.4. The molecule has 0 amide bonds. The molecule has 0 radical (unpaired) electrons. The number of benzene rings is 2. The standard InChI is InChI=1S/C22H22ClN5O4/c1-22(2,3)32-21(29)28-17-9-8-15(18(23)16(17)12-25-28)19-26-27-20(31-19)24-11-13-6-5-7-14(10-13)30-4/h5-10,12H,11H2,1-4H3,(H,24,27). The van der Waals surface area contributed by atoms with Gasteiger partial charge in [0.2, 0.25) is 0 Å². The molecule has 0 spiro atoms. The van der Waals surface area contributed by atoms with Gasteiger partial charge in [0.05, 0.1) is 29.4 Å². The number of nitrogens with one attached hydrogen (secondary N) is 1. The van der Waals surface area contributed by atoms with E-state index in [1.165, 1.54) is 10.9 Å². The number of anilines is 1. The second-order valence-corrected chi connectivity index (χ2v) is 8.39. The number of rotatable bonds is 5. The summed E-state index contributed by atoms with van der Waals surface area (Å²) in [6.45, 7) is 5.85. The molecule has 0 bridgehead atoms. The smallest absolute Gasteiger partial charge is 0.435 e. The van der Waals surface area contributed by atoms with Crippen molar-refractivity contribution < 1.29 is 18.7 Å². The monoisotopic (exact) mass is 455 g/mol. The lowest BCUT2D eigenvalue weighted by atomic mass is 10.1. The Morgan fingerprint density at radius 2 is 2.03 bits per heavy atom. The van der Waals surface area contributed by atoms with E-state index in [0.29, 0.717) is 28.0 Å². The molecule has 0 saturated carbocycles. The van der Waals surface area contributed by atoms with E-state index < -0.39 is 11.7 Å². The number of halogens is 1. The summed E-state index contributed by atoms with van der Waals surface area (Å²) in [5, 5.41) is 16.2. The van der Waals surface area contributed by atoms with Crippen molar-refractivity contribution in [3.63, 3.8) is 0 Å². The van der Waals surface area contributed by atoms with Crippen molar-refractivity contribution >= 4 is 34.6 Å². The third kappa shape index (κ3) is 4.52. The fourth-order valence-corrected chi connectivity index (χ4v) is 3.34. The first-order chi connectivity index (χ1) is 15.2. The maximum atomic E-state index is 12.4. The van der Waals surface area contributed by atoms with E-state index >= 15 is 0 Å². The Morgan fingerprint density at radius 1 is 1.22 bits per heavy atom. The number of carbonyl (C=O) groups is 1. The summed E-state index contributed by atoms with van der Waals surface area (Å²) in [6.07, 6.45) is 0.918.